The Balaban J connectivity index is 1.59. The first-order chi connectivity index (χ1) is 11.6. The first kappa shape index (κ1) is 15.7. The van der Waals surface area contributed by atoms with Gasteiger partial charge in [0.1, 0.15) is 11.4 Å². The number of piperidine rings is 1. The lowest BCUT2D eigenvalue weighted by Crippen LogP contribution is -2.66. The van der Waals surface area contributed by atoms with E-state index < -0.39 is 5.54 Å². The van der Waals surface area contributed by atoms with Gasteiger partial charge < -0.3 is 15.5 Å². The summed E-state index contributed by atoms with van der Waals surface area (Å²) in [4.78, 5) is 19.3. The maximum Gasteiger partial charge on any atom is 0.240 e. The van der Waals surface area contributed by atoms with Crippen LogP contribution in [0.15, 0.2) is 24.3 Å². The number of anilines is 1. The Morgan fingerprint density at radius 2 is 2.00 bits per heavy atom. The summed E-state index contributed by atoms with van der Waals surface area (Å²) in [6.07, 6.45) is 1.60. The summed E-state index contributed by atoms with van der Waals surface area (Å²) in [5, 5.41) is 8.25. The van der Waals surface area contributed by atoms with Gasteiger partial charge in [-0.1, -0.05) is 17.7 Å². The smallest absolute Gasteiger partial charge is 0.240 e. The van der Waals surface area contributed by atoms with E-state index in [1.807, 2.05) is 18.2 Å². The van der Waals surface area contributed by atoms with Crippen molar-refractivity contribution in [2.24, 2.45) is 0 Å². The first-order valence-electron chi connectivity index (χ1n) is 8.43. The normalized spacial score (nSPS) is 20.4. The van der Waals surface area contributed by atoms with Crippen LogP contribution in [0.25, 0.3) is 10.9 Å². The van der Waals surface area contributed by atoms with Gasteiger partial charge in [0.25, 0.3) is 0 Å². The average Bonchev–Trinajstić information content (AvgIpc) is 2.58. The molecule has 2 N–H and O–H groups in total. The molecule has 2 aromatic rings. The van der Waals surface area contributed by atoms with Gasteiger partial charge >= 0.3 is 0 Å². The van der Waals surface area contributed by atoms with Gasteiger partial charge in [-0.2, -0.15) is 0 Å². The van der Waals surface area contributed by atoms with Crippen LogP contribution in [-0.4, -0.2) is 42.6 Å². The number of nitrogens with zero attached hydrogens (tertiary/aromatic N) is 2. The van der Waals surface area contributed by atoms with Crippen LogP contribution < -0.4 is 15.5 Å². The van der Waals surface area contributed by atoms with E-state index in [9.17, 15) is 4.79 Å². The molecule has 2 saturated heterocycles. The number of nitrogens with one attached hydrogen (secondary N) is 2. The molecule has 24 heavy (non-hydrogen) atoms. The minimum atomic E-state index is -0.399. The van der Waals surface area contributed by atoms with Gasteiger partial charge in [0.2, 0.25) is 5.91 Å². The molecule has 0 aliphatic carbocycles. The Morgan fingerprint density at radius 1 is 1.21 bits per heavy atom. The number of carbonyl (C=O) groups is 1. The monoisotopic (exact) mass is 344 g/mol. The molecule has 4 rings (SSSR count). The number of pyridine rings is 1. The van der Waals surface area contributed by atoms with Crippen molar-refractivity contribution >= 4 is 34.2 Å². The minimum Gasteiger partial charge on any atom is -0.356 e. The highest BCUT2D eigenvalue weighted by Crippen LogP contribution is 2.30. The molecule has 1 aromatic heterocycles. The summed E-state index contributed by atoms with van der Waals surface area (Å²) in [6, 6.07) is 7.96. The molecule has 0 atom stereocenters. The molecule has 2 fully saturated rings. The molecule has 0 radical (unpaired) electrons. The lowest BCUT2D eigenvalue weighted by Gasteiger charge is -2.43. The van der Waals surface area contributed by atoms with E-state index in [-0.39, 0.29) is 5.91 Å². The second-order valence-electron chi connectivity index (χ2n) is 6.71. The molecule has 1 spiro atoms. The largest absolute Gasteiger partial charge is 0.356 e. The molecule has 1 aromatic carbocycles. The molecular weight excluding hydrogens is 324 g/mol. The third-order valence-electron chi connectivity index (χ3n) is 5.21. The van der Waals surface area contributed by atoms with Gasteiger partial charge in [-0.05, 0) is 43.5 Å². The van der Waals surface area contributed by atoms with Crippen molar-refractivity contribution in [1.29, 1.82) is 0 Å². The van der Waals surface area contributed by atoms with Crippen LogP contribution in [0.1, 0.15) is 18.4 Å². The molecule has 0 saturated carbocycles. The number of aryl methyl sites for hydroxylation is 1. The van der Waals surface area contributed by atoms with Crippen LogP contribution in [0.5, 0.6) is 0 Å². The van der Waals surface area contributed by atoms with Gasteiger partial charge in [0, 0.05) is 36.6 Å². The third kappa shape index (κ3) is 2.62. The number of rotatable bonds is 1. The standard InChI is InChI=1S/C18H21ClN4O/c1-12-10-16(22-15-11-13(19)2-3-14(12)15)23-8-4-18(5-9-23)17(24)20-6-7-21-18/h2-3,10-11,21H,4-9H2,1H3,(H,20,24). The summed E-state index contributed by atoms with van der Waals surface area (Å²) in [5.74, 6) is 1.11. The van der Waals surface area contributed by atoms with Crippen molar-refractivity contribution in [1.82, 2.24) is 15.6 Å². The number of benzene rings is 1. The molecular formula is C18H21ClN4O. The predicted molar refractivity (Wildman–Crippen MR) is 96.7 cm³/mol. The fraction of sp³-hybridized carbons (Fsp3) is 0.444. The summed E-state index contributed by atoms with van der Waals surface area (Å²) < 4.78 is 0. The summed E-state index contributed by atoms with van der Waals surface area (Å²) >= 11 is 6.12. The average molecular weight is 345 g/mol. The van der Waals surface area contributed by atoms with Crippen molar-refractivity contribution in [3.63, 3.8) is 0 Å². The van der Waals surface area contributed by atoms with Gasteiger partial charge in [0.15, 0.2) is 0 Å². The van der Waals surface area contributed by atoms with Crippen LogP contribution in [0.2, 0.25) is 5.02 Å². The number of hydrogen-bond donors (Lipinski definition) is 2. The quantitative estimate of drug-likeness (QED) is 0.833. The van der Waals surface area contributed by atoms with Crippen LogP contribution in [-0.2, 0) is 4.79 Å². The molecule has 0 unspecified atom stereocenters. The first-order valence-corrected chi connectivity index (χ1v) is 8.80. The fourth-order valence-electron chi connectivity index (χ4n) is 3.77. The maximum atomic E-state index is 12.3. The lowest BCUT2D eigenvalue weighted by molar-refractivity contribution is -0.130. The lowest BCUT2D eigenvalue weighted by atomic mass is 9.85. The molecule has 2 aliphatic heterocycles. The number of hydrogen-bond acceptors (Lipinski definition) is 4. The van der Waals surface area contributed by atoms with Crippen molar-refractivity contribution in [2.45, 2.75) is 25.3 Å². The van der Waals surface area contributed by atoms with Crippen LogP contribution in [0.3, 0.4) is 0 Å². The molecule has 5 nitrogen and oxygen atoms in total. The molecule has 1 amide bonds. The number of aromatic nitrogens is 1. The summed E-state index contributed by atoms with van der Waals surface area (Å²) in [6.45, 7) is 5.30. The van der Waals surface area contributed by atoms with Gasteiger partial charge in [-0.3, -0.25) is 4.79 Å². The van der Waals surface area contributed by atoms with Crippen molar-refractivity contribution in [2.75, 3.05) is 31.1 Å². The Morgan fingerprint density at radius 3 is 2.75 bits per heavy atom. The number of carbonyl (C=O) groups excluding carboxylic acids is 1. The molecule has 0 bridgehead atoms. The zero-order chi connectivity index (χ0) is 16.7. The van der Waals surface area contributed by atoms with Gasteiger partial charge in [-0.15, -0.1) is 0 Å². The number of halogens is 1. The minimum absolute atomic E-state index is 0.142. The van der Waals surface area contributed by atoms with E-state index in [2.05, 4.69) is 28.5 Å². The zero-order valence-corrected chi connectivity index (χ0v) is 14.5. The molecule has 3 heterocycles. The summed E-state index contributed by atoms with van der Waals surface area (Å²) in [7, 11) is 0. The van der Waals surface area contributed by atoms with E-state index in [1.165, 1.54) is 5.56 Å². The Labute approximate surface area is 146 Å². The maximum absolute atomic E-state index is 12.3. The summed E-state index contributed by atoms with van der Waals surface area (Å²) in [5.41, 5.74) is 1.72. The number of amides is 1. The molecule has 126 valence electrons. The third-order valence-corrected chi connectivity index (χ3v) is 5.45. The number of piperazine rings is 1. The van der Waals surface area contributed by atoms with E-state index in [1.54, 1.807) is 0 Å². The van der Waals surface area contributed by atoms with E-state index in [0.29, 0.717) is 5.02 Å². The van der Waals surface area contributed by atoms with Crippen LogP contribution in [0.4, 0.5) is 5.82 Å². The Bertz CT molecular complexity index is 799. The highest BCUT2D eigenvalue weighted by atomic mass is 35.5. The topological polar surface area (TPSA) is 57.3 Å². The predicted octanol–water partition coefficient (Wildman–Crippen LogP) is 2.26. The molecule has 6 heteroatoms. The Kier molecular flexibility index (Phi) is 3.85. The fourth-order valence-corrected chi connectivity index (χ4v) is 3.93. The highest BCUT2D eigenvalue weighted by molar-refractivity contribution is 6.31. The van der Waals surface area contributed by atoms with Crippen molar-refractivity contribution < 1.29 is 4.79 Å². The van der Waals surface area contributed by atoms with Gasteiger partial charge in [-0.25, -0.2) is 4.98 Å². The Hall–Kier alpha value is -1.85. The van der Waals surface area contributed by atoms with Crippen LogP contribution >= 0.6 is 11.6 Å². The second kappa shape index (κ2) is 5.90. The SMILES string of the molecule is Cc1cc(N2CCC3(CC2)NCCNC3=O)nc2cc(Cl)ccc12. The highest BCUT2D eigenvalue weighted by Gasteiger charge is 2.42. The zero-order valence-electron chi connectivity index (χ0n) is 13.7. The van der Waals surface area contributed by atoms with Crippen molar-refractivity contribution in [3.05, 3.63) is 34.9 Å². The van der Waals surface area contributed by atoms with Crippen LogP contribution in [0, 0.1) is 6.92 Å². The number of fused-ring (bicyclic) bond motifs is 1. The van der Waals surface area contributed by atoms with E-state index in [0.717, 1.165) is 55.7 Å². The molecule has 2 aliphatic rings. The second-order valence-corrected chi connectivity index (χ2v) is 7.15. The van der Waals surface area contributed by atoms with E-state index in [4.69, 9.17) is 16.6 Å². The van der Waals surface area contributed by atoms with Crippen molar-refractivity contribution in [3.8, 4) is 0 Å². The van der Waals surface area contributed by atoms with E-state index >= 15 is 0 Å². The van der Waals surface area contributed by atoms with Gasteiger partial charge in [0.05, 0.1) is 5.52 Å².